The Labute approximate surface area is 116 Å². The lowest BCUT2D eigenvalue weighted by Crippen LogP contribution is -2.25. The van der Waals surface area contributed by atoms with Gasteiger partial charge in [0.15, 0.2) is 0 Å². The molecule has 106 valence electrons. The molecule has 0 fully saturated rings. The van der Waals surface area contributed by atoms with E-state index in [0.717, 1.165) is 25.9 Å². The van der Waals surface area contributed by atoms with Crippen LogP contribution >= 0.6 is 0 Å². The van der Waals surface area contributed by atoms with E-state index >= 15 is 0 Å². The van der Waals surface area contributed by atoms with Crippen molar-refractivity contribution >= 4 is 5.97 Å². The topological polar surface area (TPSA) is 40.5 Å². The van der Waals surface area contributed by atoms with Crippen molar-refractivity contribution in [1.29, 1.82) is 0 Å². The Morgan fingerprint density at radius 3 is 2.32 bits per heavy atom. The highest BCUT2D eigenvalue weighted by atomic mass is 16.4. The number of rotatable bonds is 8. The summed E-state index contributed by atoms with van der Waals surface area (Å²) in [7, 11) is 2.05. The van der Waals surface area contributed by atoms with Crippen LogP contribution in [-0.4, -0.2) is 36.1 Å². The van der Waals surface area contributed by atoms with Crippen molar-refractivity contribution in [3.8, 4) is 0 Å². The maximum absolute atomic E-state index is 10.7. The van der Waals surface area contributed by atoms with Crippen molar-refractivity contribution in [3.63, 3.8) is 0 Å². The summed E-state index contributed by atoms with van der Waals surface area (Å²) in [6.45, 7) is 5.73. The first kappa shape index (κ1) is 15.7. The number of nitrogens with zero attached hydrogens (tertiary/aromatic N) is 1. The van der Waals surface area contributed by atoms with Crippen molar-refractivity contribution in [1.82, 2.24) is 4.90 Å². The van der Waals surface area contributed by atoms with Crippen LogP contribution in [0.4, 0.5) is 0 Å². The third-order valence-corrected chi connectivity index (χ3v) is 3.58. The molecule has 0 aliphatic heterocycles. The molecule has 0 spiro atoms. The largest absolute Gasteiger partial charge is 0.481 e. The Kier molecular flexibility index (Phi) is 6.57. The molecule has 3 nitrogen and oxygen atoms in total. The van der Waals surface area contributed by atoms with Crippen molar-refractivity contribution in [3.05, 3.63) is 35.4 Å². The molecule has 1 aromatic carbocycles. The van der Waals surface area contributed by atoms with E-state index in [9.17, 15) is 4.79 Å². The van der Waals surface area contributed by atoms with Crippen LogP contribution in [0, 0.1) is 5.92 Å². The van der Waals surface area contributed by atoms with Gasteiger partial charge in [0.1, 0.15) is 0 Å². The fraction of sp³-hybridized carbons (Fsp3) is 0.562. The number of carbonyl (C=O) groups is 1. The van der Waals surface area contributed by atoms with Crippen molar-refractivity contribution in [2.75, 3.05) is 20.1 Å². The monoisotopic (exact) mass is 263 g/mol. The molecule has 0 bridgehead atoms. The highest BCUT2D eigenvalue weighted by Gasteiger charge is 2.11. The molecular weight excluding hydrogens is 238 g/mol. The number of likely N-dealkylation sites (N-methyl/N-ethyl adjacent to an activating group) is 1. The van der Waals surface area contributed by atoms with Gasteiger partial charge in [0.2, 0.25) is 0 Å². The molecule has 1 atom stereocenters. The van der Waals surface area contributed by atoms with Crippen LogP contribution in [0.3, 0.4) is 0 Å². The zero-order valence-corrected chi connectivity index (χ0v) is 12.2. The zero-order chi connectivity index (χ0) is 14.3. The van der Waals surface area contributed by atoms with Gasteiger partial charge in [-0.25, -0.2) is 0 Å². The second kappa shape index (κ2) is 7.95. The average Bonchev–Trinajstić information content (AvgIpc) is 2.42. The minimum absolute atomic E-state index is 0.258. The molecular formula is C16H25NO2. The summed E-state index contributed by atoms with van der Waals surface area (Å²) in [6.07, 6.45) is 2.80. The predicted octanol–water partition coefficient (Wildman–Crippen LogP) is 2.83. The van der Waals surface area contributed by atoms with Crippen LogP contribution in [0.2, 0.25) is 0 Å². The van der Waals surface area contributed by atoms with E-state index < -0.39 is 5.97 Å². The van der Waals surface area contributed by atoms with Gasteiger partial charge in [0.25, 0.3) is 0 Å². The molecule has 0 aliphatic carbocycles. The first-order valence-electron chi connectivity index (χ1n) is 7.02. The van der Waals surface area contributed by atoms with Crippen LogP contribution in [-0.2, 0) is 17.6 Å². The molecule has 0 aromatic heterocycles. The molecule has 0 radical (unpaired) electrons. The van der Waals surface area contributed by atoms with Gasteiger partial charge in [-0.1, -0.05) is 38.1 Å². The molecule has 1 N–H and O–H groups in total. The fourth-order valence-corrected chi connectivity index (χ4v) is 1.91. The van der Waals surface area contributed by atoms with E-state index in [-0.39, 0.29) is 5.92 Å². The lowest BCUT2D eigenvalue weighted by Gasteiger charge is -2.17. The van der Waals surface area contributed by atoms with Crippen LogP contribution < -0.4 is 0 Å². The van der Waals surface area contributed by atoms with Crippen molar-refractivity contribution in [2.45, 2.75) is 33.1 Å². The standard InChI is InChI=1S/C16H25NO2/c1-4-14-5-7-15(8-6-14)10-12-17(3)11-9-13(2)16(18)19/h5-8,13H,4,9-12H2,1-3H3,(H,18,19). The number of carboxylic acid groups (broad SMARTS) is 1. The zero-order valence-electron chi connectivity index (χ0n) is 12.2. The number of benzene rings is 1. The summed E-state index contributed by atoms with van der Waals surface area (Å²) in [4.78, 5) is 12.9. The Bertz CT molecular complexity index is 386. The Morgan fingerprint density at radius 1 is 1.21 bits per heavy atom. The number of aryl methyl sites for hydroxylation is 1. The molecule has 3 heteroatoms. The number of aliphatic carboxylic acids is 1. The third-order valence-electron chi connectivity index (χ3n) is 3.58. The molecule has 1 unspecified atom stereocenters. The van der Waals surface area contributed by atoms with Crippen LogP contribution in [0.15, 0.2) is 24.3 Å². The van der Waals surface area contributed by atoms with E-state index in [1.165, 1.54) is 11.1 Å². The normalized spacial score (nSPS) is 12.6. The minimum Gasteiger partial charge on any atom is -0.481 e. The highest BCUT2D eigenvalue weighted by Crippen LogP contribution is 2.07. The Hall–Kier alpha value is -1.35. The van der Waals surface area contributed by atoms with Crippen LogP contribution in [0.25, 0.3) is 0 Å². The van der Waals surface area contributed by atoms with E-state index in [0.29, 0.717) is 6.42 Å². The molecule has 1 aromatic rings. The van der Waals surface area contributed by atoms with Gasteiger partial charge in [-0.3, -0.25) is 4.79 Å². The third kappa shape index (κ3) is 5.88. The second-order valence-corrected chi connectivity index (χ2v) is 5.25. The number of hydrogen-bond acceptors (Lipinski definition) is 2. The summed E-state index contributed by atoms with van der Waals surface area (Å²) in [5.41, 5.74) is 2.71. The van der Waals surface area contributed by atoms with Gasteiger partial charge in [-0.2, -0.15) is 0 Å². The fourth-order valence-electron chi connectivity index (χ4n) is 1.91. The molecule has 0 amide bonds. The first-order chi connectivity index (χ1) is 9.02. The highest BCUT2D eigenvalue weighted by molar-refractivity contribution is 5.69. The molecule has 0 heterocycles. The van der Waals surface area contributed by atoms with Crippen LogP contribution in [0.1, 0.15) is 31.4 Å². The van der Waals surface area contributed by atoms with E-state index in [1.807, 2.05) is 0 Å². The summed E-state index contributed by atoms with van der Waals surface area (Å²) in [6, 6.07) is 8.74. The Morgan fingerprint density at radius 2 is 1.79 bits per heavy atom. The lowest BCUT2D eigenvalue weighted by molar-refractivity contribution is -0.141. The molecule has 19 heavy (non-hydrogen) atoms. The van der Waals surface area contributed by atoms with Gasteiger partial charge < -0.3 is 10.0 Å². The maximum Gasteiger partial charge on any atom is 0.306 e. The summed E-state index contributed by atoms with van der Waals surface area (Å²) >= 11 is 0. The second-order valence-electron chi connectivity index (χ2n) is 5.25. The van der Waals surface area contributed by atoms with Crippen molar-refractivity contribution < 1.29 is 9.90 Å². The first-order valence-corrected chi connectivity index (χ1v) is 7.02. The Balaban J connectivity index is 2.29. The van der Waals surface area contributed by atoms with E-state index in [2.05, 4.69) is 43.1 Å². The van der Waals surface area contributed by atoms with Gasteiger partial charge in [-0.05, 0) is 44.0 Å². The van der Waals surface area contributed by atoms with E-state index in [4.69, 9.17) is 5.11 Å². The SMILES string of the molecule is CCc1ccc(CCN(C)CCC(C)C(=O)O)cc1. The van der Waals surface area contributed by atoms with Gasteiger partial charge in [0.05, 0.1) is 5.92 Å². The lowest BCUT2D eigenvalue weighted by atomic mass is 10.1. The maximum atomic E-state index is 10.7. The molecule has 0 saturated heterocycles. The number of carboxylic acids is 1. The molecule has 1 rings (SSSR count). The van der Waals surface area contributed by atoms with Gasteiger partial charge >= 0.3 is 5.97 Å². The summed E-state index contributed by atoms with van der Waals surface area (Å²) in [5, 5.41) is 8.83. The minimum atomic E-state index is -0.705. The molecule has 0 aliphatic rings. The summed E-state index contributed by atoms with van der Waals surface area (Å²) in [5.74, 6) is -0.963. The number of hydrogen-bond donors (Lipinski definition) is 1. The quantitative estimate of drug-likeness (QED) is 0.784. The van der Waals surface area contributed by atoms with Crippen LogP contribution in [0.5, 0.6) is 0 Å². The smallest absolute Gasteiger partial charge is 0.306 e. The average molecular weight is 263 g/mol. The van der Waals surface area contributed by atoms with E-state index in [1.54, 1.807) is 6.92 Å². The predicted molar refractivity (Wildman–Crippen MR) is 78.4 cm³/mol. The van der Waals surface area contributed by atoms with Gasteiger partial charge in [-0.15, -0.1) is 0 Å². The van der Waals surface area contributed by atoms with Gasteiger partial charge in [0, 0.05) is 6.54 Å². The summed E-state index contributed by atoms with van der Waals surface area (Å²) < 4.78 is 0. The van der Waals surface area contributed by atoms with Crippen molar-refractivity contribution in [2.24, 2.45) is 5.92 Å². The molecule has 0 saturated carbocycles.